The van der Waals surface area contributed by atoms with Gasteiger partial charge >= 0.3 is 12.1 Å². The van der Waals surface area contributed by atoms with Crippen LogP contribution >= 0.6 is 0 Å². The predicted molar refractivity (Wildman–Crippen MR) is 175 cm³/mol. The number of ether oxygens (including phenoxy) is 4. The number of fused-ring (bicyclic) bond motifs is 3. The Kier molecular flexibility index (Phi) is 6.85. The number of alkyl halides is 3. The van der Waals surface area contributed by atoms with Crippen molar-refractivity contribution in [3.63, 3.8) is 0 Å². The Morgan fingerprint density at radius 2 is 1.67 bits per heavy atom. The number of piperidine rings is 1. The highest BCUT2D eigenvalue weighted by molar-refractivity contribution is 6.12. The van der Waals surface area contributed by atoms with E-state index >= 15 is 0 Å². The second-order valence-electron chi connectivity index (χ2n) is 12.5. The van der Waals surface area contributed by atoms with E-state index in [4.69, 9.17) is 18.9 Å². The Morgan fingerprint density at radius 3 is 2.35 bits per heavy atom. The van der Waals surface area contributed by atoms with E-state index in [0.29, 0.717) is 51.2 Å². The van der Waals surface area contributed by atoms with E-state index in [1.54, 1.807) is 36.4 Å². The Bertz CT molecular complexity index is 2400. The van der Waals surface area contributed by atoms with Gasteiger partial charge in [0.1, 0.15) is 17.1 Å². The second kappa shape index (κ2) is 10.9. The van der Waals surface area contributed by atoms with Gasteiger partial charge in [-0.25, -0.2) is 4.79 Å². The molecule has 2 aliphatic carbocycles. The largest absolute Gasteiger partial charge is 0.493 e. The van der Waals surface area contributed by atoms with Gasteiger partial charge in [-0.1, -0.05) is 0 Å². The minimum absolute atomic E-state index is 0.0758. The average molecular weight is 704 g/mol. The summed E-state index contributed by atoms with van der Waals surface area (Å²) in [6.45, 7) is 0.133. The Hall–Kier alpha value is -6.19. The van der Waals surface area contributed by atoms with Gasteiger partial charge in [0.15, 0.2) is 11.5 Å². The van der Waals surface area contributed by atoms with Crippen LogP contribution in [0.25, 0.3) is 21.8 Å². The highest BCUT2D eigenvalue weighted by atomic mass is 19.4. The van der Waals surface area contributed by atoms with E-state index in [1.807, 2.05) is 0 Å². The van der Waals surface area contributed by atoms with Gasteiger partial charge in [-0.05, 0) is 42.7 Å². The van der Waals surface area contributed by atoms with Crippen molar-refractivity contribution in [3.8, 4) is 17.2 Å². The fraction of sp³-hybridized carbons (Fsp3) is 0.257. The van der Waals surface area contributed by atoms with Crippen molar-refractivity contribution in [1.82, 2.24) is 19.9 Å². The highest BCUT2D eigenvalue weighted by Gasteiger charge is 2.69. The number of ketones is 1. The van der Waals surface area contributed by atoms with E-state index in [9.17, 15) is 32.3 Å². The zero-order valence-corrected chi connectivity index (χ0v) is 27.4. The van der Waals surface area contributed by atoms with Gasteiger partial charge in [-0.2, -0.15) is 13.2 Å². The quantitative estimate of drug-likeness (QED) is 0.160. The average Bonchev–Trinajstić information content (AvgIpc) is 3.57. The molecule has 1 spiro atoms. The van der Waals surface area contributed by atoms with Gasteiger partial charge in [-0.15, -0.1) is 0 Å². The number of carbonyl (C=O) groups excluding carboxylic acids is 4. The van der Waals surface area contributed by atoms with Gasteiger partial charge in [-0.3, -0.25) is 14.4 Å². The Balaban J connectivity index is 1.07. The molecule has 2 amide bonds. The summed E-state index contributed by atoms with van der Waals surface area (Å²) in [6, 6.07) is 9.93. The molecule has 13 nitrogen and oxygen atoms in total. The number of H-pyrrole nitrogens is 3. The second-order valence-corrected chi connectivity index (χ2v) is 12.5. The first-order valence-electron chi connectivity index (χ1n) is 15.6. The molecule has 3 aromatic heterocycles. The van der Waals surface area contributed by atoms with Gasteiger partial charge in [0, 0.05) is 57.3 Å². The lowest BCUT2D eigenvalue weighted by Crippen LogP contribution is -2.34. The van der Waals surface area contributed by atoms with Gasteiger partial charge in [0.25, 0.3) is 11.8 Å². The standard InChI is InChI=1S/C35H28F3N5O8/c1-48-23-10-19-17(28(49-2)29(23)50-3)9-20(41-19)31(45)39-16-5-6-18-14(7-16)8-21(40-18)32(46)43-13-15-12-34(15)24(43)11-22(44)27-26(34)25(33(47)51-4)30(42-27)35(36,37)38/h5-11,15,40-42H,12-13H2,1-4H3,(H,39,45)/t15-,34-/m1/s1. The number of methoxy groups -OCH3 is 4. The van der Waals surface area contributed by atoms with Crippen LogP contribution in [0, 0.1) is 5.92 Å². The lowest BCUT2D eigenvalue weighted by atomic mass is 9.82. The first kappa shape index (κ1) is 32.0. The third-order valence-electron chi connectivity index (χ3n) is 9.91. The first-order valence-corrected chi connectivity index (χ1v) is 15.6. The molecule has 16 heteroatoms. The lowest BCUT2D eigenvalue weighted by Gasteiger charge is -2.28. The minimum Gasteiger partial charge on any atom is -0.493 e. The Morgan fingerprint density at radius 1 is 0.922 bits per heavy atom. The van der Waals surface area contributed by atoms with E-state index in [1.165, 1.54) is 32.3 Å². The number of likely N-dealkylation sites (tertiary alicyclic amines) is 1. The zero-order valence-electron chi connectivity index (χ0n) is 27.4. The summed E-state index contributed by atoms with van der Waals surface area (Å²) in [5.74, 6) is -2.06. The number of anilines is 1. The van der Waals surface area contributed by atoms with Crippen LogP contribution in [-0.4, -0.2) is 78.4 Å². The van der Waals surface area contributed by atoms with Crippen LogP contribution in [-0.2, 0) is 16.3 Å². The molecule has 2 fully saturated rings. The number of halogens is 3. The normalized spacial score (nSPS) is 19.0. The van der Waals surface area contributed by atoms with Gasteiger partial charge in [0.05, 0.1) is 45.2 Å². The summed E-state index contributed by atoms with van der Waals surface area (Å²) in [4.78, 5) is 62.7. The molecule has 0 bridgehead atoms. The molecule has 1 aliphatic heterocycles. The molecule has 4 heterocycles. The summed E-state index contributed by atoms with van der Waals surface area (Å²) in [5, 5.41) is 4.04. The van der Waals surface area contributed by atoms with E-state index in [2.05, 4.69) is 20.3 Å². The summed E-state index contributed by atoms with van der Waals surface area (Å²) in [7, 11) is 5.43. The van der Waals surface area contributed by atoms with Crippen molar-refractivity contribution >= 4 is 51.1 Å². The van der Waals surface area contributed by atoms with E-state index in [0.717, 1.165) is 7.11 Å². The van der Waals surface area contributed by atoms with Crippen LogP contribution < -0.4 is 19.5 Å². The van der Waals surface area contributed by atoms with Crippen molar-refractivity contribution in [2.45, 2.75) is 18.0 Å². The summed E-state index contributed by atoms with van der Waals surface area (Å²) >= 11 is 0. The summed E-state index contributed by atoms with van der Waals surface area (Å²) in [6.07, 6.45) is -3.42. The number of amides is 2. The molecular weight excluding hydrogens is 675 g/mol. The lowest BCUT2D eigenvalue weighted by molar-refractivity contribution is -0.141. The number of esters is 1. The molecule has 8 rings (SSSR count). The smallest absolute Gasteiger partial charge is 0.432 e. The van der Waals surface area contributed by atoms with Gasteiger partial charge in [0.2, 0.25) is 11.5 Å². The molecule has 0 unspecified atom stereocenters. The van der Waals surface area contributed by atoms with Gasteiger partial charge < -0.3 is 44.1 Å². The van der Waals surface area contributed by atoms with Crippen LogP contribution in [0.15, 0.2) is 48.2 Å². The molecule has 1 saturated carbocycles. The topological polar surface area (TPSA) is 168 Å². The number of hydrogen-bond donors (Lipinski definition) is 4. The number of carbonyl (C=O) groups is 4. The zero-order chi connectivity index (χ0) is 36.1. The number of aromatic nitrogens is 3. The first-order chi connectivity index (χ1) is 24.3. The number of aromatic amines is 3. The van der Waals surface area contributed by atoms with Crippen LogP contribution in [0.5, 0.6) is 17.2 Å². The molecule has 5 aromatic rings. The number of nitrogens with zero attached hydrogens (tertiary/aromatic N) is 1. The molecule has 51 heavy (non-hydrogen) atoms. The van der Waals surface area contributed by atoms with Crippen LogP contribution in [0.2, 0.25) is 0 Å². The number of allylic oxidation sites excluding steroid dienone is 2. The SMILES string of the molecule is COC(=O)c1c(C(F)(F)F)[nH]c2c1[C@]13C[C@@H]1CN(C(=O)c1cc4cc(NC(=O)c5cc6c(OC)c(OC)c(OC)cc6[nH]5)ccc4[nH]1)C3=CC2=O. The summed E-state index contributed by atoms with van der Waals surface area (Å²) in [5.41, 5.74) is -1.36. The molecule has 3 aliphatic rings. The van der Waals surface area contributed by atoms with Crippen molar-refractivity contribution in [2.24, 2.45) is 5.92 Å². The maximum absolute atomic E-state index is 14.0. The third-order valence-corrected chi connectivity index (χ3v) is 9.91. The van der Waals surface area contributed by atoms with Crippen LogP contribution in [0.1, 0.15) is 59.5 Å². The van der Waals surface area contributed by atoms with Crippen molar-refractivity contribution in [3.05, 3.63) is 82.1 Å². The molecule has 0 radical (unpaired) electrons. The van der Waals surface area contributed by atoms with Crippen molar-refractivity contribution in [1.29, 1.82) is 0 Å². The highest BCUT2D eigenvalue weighted by Crippen LogP contribution is 2.68. The fourth-order valence-corrected chi connectivity index (χ4v) is 7.65. The van der Waals surface area contributed by atoms with E-state index in [-0.39, 0.29) is 40.8 Å². The van der Waals surface area contributed by atoms with Crippen LogP contribution in [0.3, 0.4) is 0 Å². The summed E-state index contributed by atoms with van der Waals surface area (Å²) < 4.78 is 63.1. The van der Waals surface area contributed by atoms with Crippen molar-refractivity contribution < 1.29 is 51.3 Å². The number of hydrogen-bond acceptors (Lipinski definition) is 8. The maximum Gasteiger partial charge on any atom is 0.432 e. The maximum atomic E-state index is 14.0. The molecule has 4 N–H and O–H groups in total. The Labute approximate surface area is 285 Å². The third kappa shape index (κ3) is 4.54. The fourth-order valence-electron chi connectivity index (χ4n) is 7.65. The number of nitrogens with one attached hydrogen (secondary N) is 4. The van der Waals surface area contributed by atoms with E-state index < -0.39 is 46.4 Å². The molecular formula is C35H28F3N5O8. The predicted octanol–water partition coefficient (Wildman–Crippen LogP) is 5.55. The monoisotopic (exact) mass is 703 g/mol. The molecule has 2 aromatic carbocycles. The molecule has 262 valence electrons. The molecule has 1 saturated heterocycles. The number of benzene rings is 2. The number of rotatable bonds is 7. The minimum atomic E-state index is -4.95. The molecule has 2 atom stereocenters. The van der Waals surface area contributed by atoms with Crippen LogP contribution in [0.4, 0.5) is 18.9 Å². The van der Waals surface area contributed by atoms with Crippen molar-refractivity contribution in [2.75, 3.05) is 40.3 Å².